The fourth-order valence-electron chi connectivity index (χ4n) is 3.97. The van der Waals surface area contributed by atoms with E-state index in [0.717, 1.165) is 29.0 Å². The maximum Gasteiger partial charge on any atom is 0.573 e. The second-order valence-corrected chi connectivity index (χ2v) is 7.26. The van der Waals surface area contributed by atoms with Gasteiger partial charge in [-0.3, -0.25) is 9.59 Å². The van der Waals surface area contributed by atoms with E-state index in [0.29, 0.717) is 23.5 Å². The molecule has 2 heterocycles. The highest BCUT2D eigenvalue weighted by atomic mass is 19.4. The lowest BCUT2D eigenvalue weighted by atomic mass is 9.92. The Balaban J connectivity index is 2.06. The van der Waals surface area contributed by atoms with Crippen LogP contribution in [-0.4, -0.2) is 28.6 Å². The van der Waals surface area contributed by atoms with Crippen LogP contribution in [0.3, 0.4) is 0 Å². The number of aliphatic carboxylic acids is 1. The Kier molecular flexibility index (Phi) is 5.12. The summed E-state index contributed by atoms with van der Waals surface area (Å²) in [7, 11) is 1.34. The Morgan fingerprint density at radius 1 is 1.26 bits per heavy atom. The van der Waals surface area contributed by atoms with E-state index in [2.05, 4.69) is 4.74 Å². The molecule has 0 fully saturated rings. The molecule has 0 aliphatic carbocycles. The maximum atomic E-state index is 13.0. The van der Waals surface area contributed by atoms with Crippen molar-refractivity contribution in [2.75, 3.05) is 6.61 Å². The summed E-state index contributed by atoms with van der Waals surface area (Å²) in [4.78, 5) is 24.5. The number of nitrogens with zero attached hydrogens (tertiary/aromatic N) is 1. The van der Waals surface area contributed by atoms with Crippen LogP contribution in [0, 0.1) is 0 Å². The van der Waals surface area contributed by atoms with Crippen molar-refractivity contribution in [2.45, 2.75) is 25.6 Å². The second kappa shape index (κ2) is 7.64. The number of halogens is 3. The predicted molar refractivity (Wildman–Crippen MR) is 106 cm³/mol. The molecule has 0 spiro atoms. The van der Waals surface area contributed by atoms with Gasteiger partial charge in [0.25, 0.3) is 5.56 Å². The van der Waals surface area contributed by atoms with Crippen molar-refractivity contribution in [3.05, 3.63) is 58.0 Å². The van der Waals surface area contributed by atoms with E-state index < -0.39 is 30.1 Å². The first-order chi connectivity index (χ1) is 14.7. The summed E-state index contributed by atoms with van der Waals surface area (Å²) in [6.45, 7) is 0.595. The van der Waals surface area contributed by atoms with Gasteiger partial charge in [0, 0.05) is 23.7 Å². The minimum atomic E-state index is -4.98. The van der Waals surface area contributed by atoms with Crippen LogP contribution in [0.5, 0.6) is 11.5 Å². The van der Waals surface area contributed by atoms with Gasteiger partial charge in [-0.15, -0.1) is 13.2 Å². The molecule has 3 aromatic rings. The van der Waals surface area contributed by atoms with Crippen molar-refractivity contribution in [3.8, 4) is 22.6 Å². The summed E-state index contributed by atoms with van der Waals surface area (Å²) in [6.07, 6.45) is -3.89. The molecule has 1 aliphatic rings. The molecule has 2 aromatic carbocycles. The maximum absolute atomic E-state index is 13.0. The van der Waals surface area contributed by atoms with Gasteiger partial charge in [-0.05, 0) is 42.2 Å². The molecule has 31 heavy (non-hydrogen) atoms. The van der Waals surface area contributed by atoms with E-state index in [-0.39, 0.29) is 16.5 Å². The molecule has 1 aromatic heterocycles. The monoisotopic (exact) mass is 433 g/mol. The quantitative estimate of drug-likeness (QED) is 0.672. The van der Waals surface area contributed by atoms with Crippen molar-refractivity contribution in [2.24, 2.45) is 7.05 Å². The van der Waals surface area contributed by atoms with Crippen LogP contribution in [0.15, 0.2) is 41.2 Å². The second-order valence-electron chi connectivity index (χ2n) is 7.26. The first-order valence-corrected chi connectivity index (χ1v) is 9.54. The molecule has 1 N–H and O–H groups in total. The zero-order valence-corrected chi connectivity index (χ0v) is 16.5. The number of aryl methyl sites for hydroxylation is 1. The van der Waals surface area contributed by atoms with Gasteiger partial charge in [-0.25, -0.2) is 0 Å². The normalized spacial score (nSPS) is 13.5. The highest BCUT2D eigenvalue weighted by Gasteiger charge is 2.33. The van der Waals surface area contributed by atoms with Crippen molar-refractivity contribution in [3.63, 3.8) is 0 Å². The first-order valence-electron chi connectivity index (χ1n) is 9.54. The Morgan fingerprint density at radius 3 is 2.74 bits per heavy atom. The van der Waals surface area contributed by atoms with E-state index in [9.17, 15) is 27.9 Å². The molecule has 9 heteroatoms. The number of rotatable bonds is 4. The number of hydrogen-bond acceptors (Lipinski definition) is 4. The Bertz CT molecular complexity index is 1250. The zero-order chi connectivity index (χ0) is 22.3. The van der Waals surface area contributed by atoms with Crippen molar-refractivity contribution in [1.82, 2.24) is 4.57 Å². The fraction of sp³-hybridized carbons (Fsp3) is 0.273. The summed E-state index contributed by atoms with van der Waals surface area (Å²) in [5.74, 6) is -1.08. The van der Waals surface area contributed by atoms with Crippen LogP contribution < -0.4 is 15.0 Å². The van der Waals surface area contributed by atoms with Gasteiger partial charge >= 0.3 is 12.3 Å². The predicted octanol–water partition coefficient (Wildman–Crippen LogP) is 4.06. The van der Waals surface area contributed by atoms with Crippen LogP contribution in [0.2, 0.25) is 0 Å². The molecule has 0 bridgehead atoms. The number of carboxylic acids is 1. The molecule has 0 radical (unpaired) electrons. The number of pyridine rings is 1. The Morgan fingerprint density at radius 2 is 2.03 bits per heavy atom. The van der Waals surface area contributed by atoms with Gasteiger partial charge in [0.15, 0.2) is 0 Å². The van der Waals surface area contributed by atoms with E-state index in [1.165, 1.54) is 19.2 Å². The third-order valence-electron chi connectivity index (χ3n) is 5.25. The first kappa shape index (κ1) is 20.8. The third kappa shape index (κ3) is 3.95. The number of fused-ring (bicyclic) bond motifs is 2. The molecular formula is C22H18F3NO5. The van der Waals surface area contributed by atoms with Gasteiger partial charge < -0.3 is 19.1 Å². The van der Waals surface area contributed by atoms with E-state index in [1.807, 2.05) is 6.07 Å². The molecule has 162 valence electrons. The molecule has 0 atom stereocenters. The molecule has 4 rings (SSSR count). The van der Waals surface area contributed by atoms with Crippen LogP contribution in [0.4, 0.5) is 13.2 Å². The minimum Gasteiger partial charge on any atom is -0.493 e. The van der Waals surface area contributed by atoms with Gasteiger partial charge in [0.05, 0.1) is 18.4 Å². The van der Waals surface area contributed by atoms with Gasteiger partial charge in [-0.2, -0.15) is 0 Å². The van der Waals surface area contributed by atoms with Crippen molar-refractivity contribution < 1.29 is 32.5 Å². The standard InChI is InChI=1S/C22H18F3NO5/c1-26-15(11-18(27)28)19(13-7-8-16-12(10-13)4-3-9-30-16)14-5-2-6-17(20(14)21(26)29)31-22(23,24)25/h2,5-8,10H,3-4,9,11H2,1H3,(H,27,28). The summed E-state index contributed by atoms with van der Waals surface area (Å²) in [6, 6.07) is 9.21. The van der Waals surface area contributed by atoms with Gasteiger partial charge in [0.1, 0.15) is 11.5 Å². The van der Waals surface area contributed by atoms with Crippen LogP contribution in [-0.2, 0) is 24.7 Å². The average Bonchev–Trinajstić information content (AvgIpc) is 2.70. The molecule has 0 amide bonds. The van der Waals surface area contributed by atoms with Crippen molar-refractivity contribution in [1.29, 1.82) is 0 Å². The smallest absolute Gasteiger partial charge is 0.493 e. The SMILES string of the molecule is Cn1c(CC(=O)O)c(-c2ccc3c(c2)CCCO3)c2cccc(OC(F)(F)F)c2c1=O. The van der Waals surface area contributed by atoms with E-state index >= 15 is 0 Å². The molecule has 0 saturated heterocycles. The molecule has 0 saturated carbocycles. The lowest BCUT2D eigenvalue weighted by Gasteiger charge is -2.21. The average molecular weight is 433 g/mol. The largest absolute Gasteiger partial charge is 0.573 e. The molecular weight excluding hydrogens is 415 g/mol. The fourth-order valence-corrected chi connectivity index (χ4v) is 3.97. The number of carbonyl (C=O) groups is 1. The van der Waals surface area contributed by atoms with Crippen molar-refractivity contribution >= 4 is 16.7 Å². The lowest BCUT2D eigenvalue weighted by Crippen LogP contribution is -2.25. The summed E-state index contributed by atoms with van der Waals surface area (Å²) in [5, 5.41) is 9.35. The topological polar surface area (TPSA) is 77.8 Å². The molecule has 1 aliphatic heterocycles. The third-order valence-corrected chi connectivity index (χ3v) is 5.25. The highest BCUT2D eigenvalue weighted by molar-refractivity contribution is 6.01. The number of carboxylic acid groups (broad SMARTS) is 1. The highest BCUT2D eigenvalue weighted by Crippen LogP contribution is 2.38. The Hall–Kier alpha value is -3.49. The number of alkyl halides is 3. The van der Waals surface area contributed by atoms with Crippen LogP contribution in [0.25, 0.3) is 21.9 Å². The number of benzene rings is 2. The number of ether oxygens (including phenoxy) is 2. The number of hydrogen-bond donors (Lipinski definition) is 1. The van der Waals surface area contributed by atoms with E-state index in [1.54, 1.807) is 12.1 Å². The molecule has 6 nitrogen and oxygen atoms in total. The summed E-state index contributed by atoms with van der Waals surface area (Å²) >= 11 is 0. The van der Waals surface area contributed by atoms with Crippen LogP contribution in [0.1, 0.15) is 17.7 Å². The minimum absolute atomic E-state index is 0.186. The van der Waals surface area contributed by atoms with Gasteiger partial charge in [0.2, 0.25) is 0 Å². The van der Waals surface area contributed by atoms with E-state index in [4.69, 9.17) is 4.74 Å². The molecule has 0 unspecified atom stereocenters. The summed E-state index contributed by atoms with van der Waals surface area (Å²) < 4.78 is 49.6. The Labute approximate surface area is 174 Å². The summed E-state index contributed by atoms with van der Waals surface area (Å²) in [5.41, 5.74) is 1.29. The van der Waals surface area contributed by atoms with Gasteiger partial charge in [-0.1, -0.05) is 18.2 Å². The number of aromatic nitrogens is 1. The zero-order valence-electron chi connectivity index (χ0n) is 16.5. The lowest BCUT2D eigenvalue weighted by molar-refractivity contribution is -0.274. The van der Waals surface area contributed by atoms with Crippen LogP contribution >= 0.6 is 0 Å².